The van der Waals surface area contributed by atoms with E-state index >= 15 is 0 Å². The van der Waals surface area contributed by atoms with E-state index in [1.807, 2.05) is 0 Å². The number of nitrogens with zero attached hydrogens (tertiary/aromatic N) is 7. The van der Waals surface area contributed by atoms with Crippen LogP contribution in [0, 0.1) is 5.82 Å². The lowest BCUT2D eigenvalue weighted by molar-refractivity contribution is 0.0905. The molecule has 4 rings (SSSR count). The van der Waals surface area contributed by atoms with Crippen LogP contribution < -0.4 is 16.6 Å². The molecule has 1 fully saturated rings. The SMILES string of the molecule is CCn1c(=O)c(-c2noc(C(=O)NCCCN3CCN(C)CC3)n2)nn(-c2ccc(F)cc2)c1=O. The summed E-state index contributed by atoms with van der Waals surface area (Å²) >= 11 is 0. The van der Waals surface area contributed by atoms with Gasteiger partial charge in [0.15, 0.2) is 5.69 Å². The normalized spacial score (nSPS) is 14.8. The van der Waals surface area contributed by atoms with Gasteiger partial charge in [-0.05, 0) is 51.2 Å². The molecule has 0 unspecified atom stereocenters. The molecule has 0 atom stereocenters. The fourth-order valence-corrected chi connectivity index (χ4v) is 3.75. The Bertz CT molecular complexity index is 1290. The van der Waals surface area contributed by atoms with Crippen molar-refractivity contribution >= 4 is 5.91 Å². The molecule has 2 aromatic heterocycles. The third kappa shape index (κ3) is 5.52. The van der Waals surface area contributed by atoms with Gasteiger partial charge >= 0.3 is 17.5 Å². The molecule has 1 saturated heterocycles. The Balaban J connectivity index is 1.48. The quantitative estimate of drug-likeness (QED) is 0.436. The maximum atomic E-state index is 13.3. The zero-order valence-corrected chi connectivity index (χ0v) is 19.6. The van der Waals surface area contributed by atoms with Crippen molar-refractivity contribution in [3.8, 4) is 17.2 Å². The van der Waals surface area contributed by atoms with Crippen LogP contribution in [0.5, 0.6) is 0 Å². The van der Waals surface area contributed by atoms with Gasteiger partial charge in [-0.2, -0.15) is 14.8 Å². The Morgan fingerprint density at radius 1 is 1.14 bits per heavy atom. The smallest absolute Gasteiger partial charge is 0.348 e. The van der Waals surface area contributed by atoms with E-state index in [1.165, 1.54) is 24.3 Å². The summed E-state index contributed by atoms with van der Waals surface area (Å²) in [6.07, 6.45) is 0.766. The number of carbonyl (C=O) groups is 1. The highest BCUT2D eigenvalue weighted by Gasteiger charge is 2.22. The number of hydrogen-bond acceptors (Lipinski definition) is 9. The minimum atomic E-state index is -0.726. The fraction of sp³-hybridized carbons (Fsp3) is 0.455. The molecule has 0 aliphatic carbocycles. The number of likely N-dealkylation sites (N-methyl/N-ethyl adjacent to an activating group) is 1. The number of benzene rings is 1. The molecule has 1 N–H and O–H groups in total. The van der Waals surface area contributed by atoms with E-state index in [4.69, 9.17) is 4.52 Å². The maximum absolute atomic E-state index is 13.3. The molecule has 0 bridgehead atoms. The van der Waals surface area contributed by atoms with E-state index in [2.05, 4.69) is 37.4 Å². The fourth-order valence-electron chi connectivity index (χ4n) is 3.75. The van der Waals surface area contributed by atoms with Crippen LogP contribution in [-0.2, 0) is 6.54 Å². The minimum absolute atomic E-state index is 0.0624. The third-order valence-electron chi connectivity index (χ3n) is 5.81. The molecular weight excluding hydrogens is 459 g/mol. The Hall–Kier alpha value is -3.71. The summed E-state index contributed by atoms with van der Waals surface area (Å²) in [5.74, 6) is -1.59. The Morgan fingerprint density at radius 3 is 2.54 bits per heavy atom. The van der Waals surface area contributed by atoms with Crippen LogP contribution in [0.3, 0.4) is 0 Å². The molecule has 0 spiro atoms. The predicted molar refractivity (Wildman–Crippen MR) is 124 cm³/mol. The van der Waals surface area contributed by atoms with Crippen LogP contribution in [0.25, 0.3) is 17.2 Å². The molecule has 1 aromatic carbocycles. The molecule has 35 heavy (non-hydrogen) atoms. The van der Waals surface area contributed by atoms with Gasteiger partial charge in [-0.1, -0.05) is 5.16 Å². The largest absolute Gasteiger partial charge is 0.352 e. The molecule has 0 radical (unpaired) electrons. The van der Waals surface area contributed by atoms with E-state index < -0.39 is 23.0 Å². The molecule has 13 heteroatoms. The molecule has 1 amide bonds. The zero-order valence-electron chi connectivity index (χ0n) is 19.6. The second-order valence-electron chi connectivity index (χ2n) is 8.25. The molecule has 1 aliphatic rings. The first-order valence-electron chi connectivity index (χ1n) is 11.4. The van der Waals surface area contributed by atoms with Crippen LogP contribution in [-0.4, -0.2) is 86.5 Å². The molecular formula is C22H27FN8O4. The topological polar surface area (TPSA) is 131 Å². The lowest BCUT2D eigenvalue weighted by Crippen LogP contribution is -2.45. The third-order valence-corrected chi connectivity index (χ3v) is 5.81. The molecule has 12 nitrogen and oxygen atoms in total. The van der Waals surface area contributed by atoms with Crippen LogP contribution >= 0.6 is 0 Å². The van der Waals surface area contributed by atoms with Crippen molar-refractivity contribution < 1.29 is 13.7 Å². The molecule has 1 aliphatic heterocycles. The van der Waals surface area contributed by atoms with Crippen molar-refractivity contribution in [2.75, 3.05) is 46.3 Å². The second kappa shape index (κ2) is 10.7. The standard InChI is InChI=1S/C22H27FN8O4/c1-3-30-21(33)17(26-31(22(30)34)16-7-5-15(23)6-8-16)18-25-20(35-27-18)19(32)24-9-4-10-29-13-11-28(2)12-14-29/h5-8H,3-4,9-14H2,1-2H3,(H,24,32). The zero-order chi connectivity index (χ0) is 24.9. The van der Waals surface area contributed by atoms with Crippen molar-refractivity contribution in [2.45, 2.75) is 19.9 Å². The predicted octanol–water partition coefficient (Wildman–Crippen LogP) is -0.0295. The van der Waals surface area contributed by atoms with E-state index in [9.17, 15) is 18.8 Å². The molecule has 186 valence electrons. The first-order chi connectivity index (χ1) is 16.9. The number of carbonyl (C=O) groups excluding carboxylic acids is 1. The molecule has 3 heterocycles. The van der Waals surface area contributed by atoms with Crippen molar-refractivity contribution in [3.05, 3.63) is 56.8 Å². The van der Waals surface area contributed by atoms with Gasteiger partial charge in [0.2, 0.25) is 5.82 Å². The summed E-state index contributed by atoms with van der Waals surface area (Å²) in [6.45, 7) is 7.04. The van der Waals surface area contributed by atoms with E-state index in [1.54, 1.807) is 6.92 Å². The number of aromatic nitrogens is 5. The van der Waals surface area contributed by atoms with Gasteiger partial charge in [-0.25, -0.2) is 9.18 Å². The second-order valence-corrected chi connectivity index (χ2v) is 8.25. The van der Waals surface area contributed by atoms with Crippen LogP contribution in [0.4, 0.5) is 4.39 Å². The molecule has 0 saturated carbocycles. The van der Waals surface area contributed by atoms with Gasteiger partial charge in [0.1, 0.15) is 5.82 Å². The highest BCUT2D eigenvalue weighted by Crippen LogP contribution is 2.11. The van der Waals surface area contributed by atoms with E-state index in [-0.39, 0.29) is 29.6 Å². The van der Waals surface area contributed by atoms with Crippen LogP contribution in [0.2, 0.25) is 0 Å². The molecule has 3 aromatic rings. The van der Waals surface area contributed by atoms with Crippen molar-refractivity contribution in [3.63, 3.8) is 0 Å². The van der Waals surface area contributed by atoms with Gasteiger partial charge in [-0.15, -0.1) is 0 Å². The first kappa shape index (κ1) is 24.4. The summed E-state index contributed by atoms with van der Waals surface area (Å²) in [7, 11) is 2.10. The minimum Gasteiger partial charge on any atom is -0.348 e. The number of piperazine rings is 1. The number of halogens is 1. The number of amides is 1. The summed E-state index contributed by atoms with van der Waals surface area (Å²) in [5, 5.41) is 10.5. The van der Waals surface area contributed by atoms with E-state index in [0.29, 0.717) is 6.54 Å². The Morgan fingerprint density at radius 2 is 1.86 bits per heavy atom. The van der Waals surface area contributed by atoms with Gasteiger partial charge in [-0.3, -0.25) is 14.2 Å². The monoisotopic (exact) mass is 486 g/mol. The number of hydrogen-bond donors (Lipinski definition) is 1. The van der Waals surface area contributed by atoms with Gasteiger partial charge < -0.3 is 19.6 Å². The Kier molecular flexibility index (Phi) is 7.46. The number of rotatable bonds is 8. The summed E-state index contributed by atoms with van der Waals surface area (Å²) in [5.41, 5.74) is -1.44. The summed E-state index contributed by atoms with van der Waals surface area (Å²) < 4.78 is 20.3. The lowest BCUT2D eigenvalue weighted by Gasteiger charge is -2.32. The van der Waals surface area contributed by atoms with E-state index in [0.717, 1.165) is 48.4 Å². The maximum Gasteiger partial charge on any atom is 0.352 e. The first-order valence-corrected chi connectivity index (χ1v) is 11.4. The van der Waals surface area contributed by atoms with Gasteiger partial charge in [0.25, 0.3) is 5.56 Å². The highest BCUT2D eigenvalue weighted by atomic mass is 19.1. The summed E-state index contributed by atoms with van der Waals surface area (Å²) in [4.78, 5) is 46.6. The van der Waals surface area contributed by atoms with Gasteiger partial charge in [0.05, 0.1) is 5.69 Å². The average molecular weight is 487 g/mol. The van der Waals surface area contributed by atoms with Gasteiger partial charge in [0, 0.05) is 39.3 Å². The van der Waals surface area contributed by atoms with Crippen LogP contribution in [0.15, 0.2) is 38.4 Å². The van der Waals surface area contributed by atoms with Crippen molar-refractivity contribution in [2.24, 2.45) is 0 Å². The summed E-state index contributed by atoms with van der Waals surface area (Å²) in [6, 6.07) is 5.06. The Labute approximate surface area is 200 Å². The highest BCUT2D eigenvalue weighted by molar-refractivity contribution is 5.89. The van der Waals surface area contributed by atoms with Crippen molar-refractivity contribution in [1.82, 2.24) is 39.6 Å². The van der Waals surface area contributed by atoms with Crippen LogP contribution in [0.1, 0.15) is 24.0 Å². The lowest BCUT2D eigenvalue weighted by atomic mass is 10.3. The van der Waals surface area contributed by atoms with Crippen molar-refractivity contribution in [1.29, 1.82) is 0 Å². The average Bonchev–Trinajstić information content (AvgIpc) is 3.34. The number of nitrogens with one attached hydrogen (secondary N) is 1.